The number of amides is 1. The van der Waals surface area contributed by atoms with Crippen LogP contribution >= 0.6 is 22.9 Å². The van der Waals surface area contributed by atoms with Gasteiger partial charge in [-0.15, -0.1) is 11.3 Å². The minimum absolute atomic E-state index is 0.114. The first-order valence-corrected chi connectivity index (χ1v) is 9.53. The number of carbonyl (C=O) groups excluding carboxylic acids is 1. The predicted octanol–water partition coefficient (Wildman–Crippen LogP) is 3.76. The summed E-state index contributed by atoms with van der Waals surface area (Å²) in [5.74, 6) is -0.151. The molecule has 134 valence electrons. The SMILES string of the molecule is O=C(NC[C@H]1COCCO1)c1cc(-c2ccc(Cl)s2)nc2ccccc12. The molecular formula is C19H17ClN2O3S. The van der Waals surface area contributed by atoms with Gasteiger partial charge < -0.3 is 14.8 Å². The van der Waals surface area contributed by atoms with Crippen LogP contribution in [0.25, 0.3) is 21.5 Å². The second-order valence-electron chi connectivity index (χ2n) is 5.95. The Labute approximate surface area is 159 Å². The van der Waals surface area contributed by atoms with Crippen molar-refractivity contribution in [2.75, 3.05) is 26.4 Å². The third-order valence-corrected chi connectivity index (χ3v) is 5.42. The van der Waals surface area contributed by atoms with Gasteiger partial charge in [-0.3, -0.25) is 4.79 Å². The van der Waals surface area contributed by atoms with E-state index in [0.29, 0.717) is 36.3 Å². The summed E-state index contributed by atoms with van der Waals surface area (Å²) in [7, 11) is 0. The Kier molecular flexibility index (Phi) is 5.17. The summed E-state index contributed by atoms with van der Waals surface area (Å²) in [4.78, 5) is 18.4. The highest BCUT2D eigenvalue weighted by Crippen LogP contribution is 2.32. The van der Waals surface area contributed by atoms with E-state index in [2.05, 4.69) is 10.3 Å². The molecule has 1 aromatic carbocycles. The van der Waals surface area contributed by atoms with E-state index in [-0.39, 0.29) is 12.0 Å². The summed E-state index contributed by atoms with van der Waals surface area (Å²) >= 11 is 7.49. The standard InChI is InChI=1S/C19H17ClN2O3S/c20-18-6-5-17(26-18)16-9-14(13-3-1-2-4-15(13)22-16)19(23)21-10-12-11-24-7-8-25-12/h1-6,9,12H,7-8,10-11H2,(H,21,23)/t12-/m0/s1. The highest BCUT2D eigenvalue weighted by Gasteiger charge is 2.18. The maximum atomic E-state index is 12.8. The fourth-order valence-corrected chi connectivity index (χ4v) is 3.90. The van der Waals surface area contributed by atoms with E-state index in [4.69, 9.17) is 21.1 Å². The molecule has 0 aliphatic carbocycles. The zero-order valence-corrected chi connectivity index (χ0v) is 15.5. The van der Waals surface area contributed by atoms with E-state index < -0.39 is 0 Å². The van der Waals surface area contributed by atoms with Gasteiger partial charge in [0.25, 0.3) is 5.91 Å². The van der Waals surface area contributed by atoms with Crippen molar-refractivity contribution in [3.8, 4) is 10.6 Å². The van der Waals surface area contributed by atoms with Crippen molar-refractivity contribution >= 4 is 39.7 Å². The van der Waals surface area contributed by atoms with Crippen molar-refractivity contribution < 1.29 is 14.3 Å². The molecule has 1 N–H and O–H groups in total. The van der Waals surface area contributed by atoms with Crippen LogP contribution in [0.2, 0.25) is 4.34 Å². The summed E-state index contributed by atoms with van der Waals surface area (Å²) in [5, 5.41) is 3.77. The third kappa shape index (κ3) is 3.73. The number of benzene rings is 1. The van der Waals surface area contributed by atoms with Crippen LogP contribution in [-0.4, -0.2) is 43.4 Å². The summed E-state index contributed by atoms with van der Waals surface area (Å²) in [6.07, 6.45) is -0.114. The number of pyridine rings is 1. The minimum atomic E-state index is -0.151. The number of ether oxygens (including phenoxy) is 2. The molecule has 26 heavy (non-hydrogen) atoms. The van der Waals surface area contributed by atoms with Crippen molar-refractivity contribution in [3.05, 3.63) is 52.4 Å². The molecule has 0 bridgehead atoms. The topological polar surface area (TPSA) is 60.5 Å². The fourth-order valence-electron chi connectivity index (χ4n) is 2.90. The average molecular weight is 389 g/mol. The molecule has 3 heterocycles. The Morgan fingerprint density at radius 2 is 2.15 bits per heavy atom. The molecule has 0 saturated carbocycles. The molecule has 7 heteroatoms. The van der Waals surface area contributed by atoms with Gasteiger partial charge in [0, 0.05) is 11.9 Å². The normalized spacial score (nSPS) is 17.3. The number of carbonyl (C=O) groups is 1. The smallest absolute Gasteiger partial charge is 0.252 e. The van der Waals surface area contributed by atoms with Crippen LogP contribution in [0.4, 0.5) is 0 Å². The predicted molar refractivity (Wildman–Crippen MR) is 103 cm³/mol. The highest BCUT2D eigenvalue weighted by molar-refractivity contribution is 7.19. The molecule has 2 aromatic heterocycles. The lowest BCUT2D eigenvalue weighted by Crippen LogP contribution is -2.39. The summed E-state index contributed by atoms with van der Waals surface area (Å²) < 4.78 is 11.6. The summed E-state index contributed by atoms with van der Waals surface area (Å²) in [5.41, 5.74) is 2.10. The fraction of sp³-hybridized carbons (Fsp3) is 0.263. The van der Waals surface area contributed by atoms with Crippen molar-refractivity contribution in [1.29, 1.82) is 0 Å². The van der Waals surface area contributed by atoms with Gasteiger partial charge in [-0.2, -0.15) is 0 Å². The second kappa shape index (κ2) is 7.72. The molecule has 1 saturated heterocycles. The first kappa shape index (κ1) is 17.4. The first-order chi connectivity index (χ1) is 12.7. The monoisotopic (exact) mass is 388 g/mol. The number of para-hydroxylation sites is 1. The van der Waals surface area contributed by atoms with Crippen molar-refractivity contribution in [2.45, 2.75) is 6.10 Å². The van der Waals surface area contributed by atoms with E-state index >= 15 is 0 Å². The van der Waals surface area contributed by atoms with Crippen LogP contribution in [0.15, 0.2) is 42.5 Å². The zero-order chi connectivity index (χ0) is 17.9. The van der Waals surface area contributed by atoms with Gasteiger partial charge in [0.05, 0.1) is 51.9 Å². The summed E-state index contributed by atoms with van der Waals surface area (Å²) in [6.45, 7) is 2.07. The molecule has 5 nitrogen and oxygen atoms in total. The second-order valence-corrected chi connectivity index (χ2v) is 7.67. The number of rotatable bonds is 4. The van der Waals surface area contributed by atoms with E-state index in [1.165, 1.54) is 11.3 Å². The van der Waals surface area contributed by atoms with Gasteiger partial charge in [-0.1, -0.05) is 29.8 Å². The molecule has 3 aromatic rings. The van der Waals surface area contributed by atoms with Crippen molar-refractivity contribution in [2.24, 2.45) is 0 Å². The zero-order valence-electron chi connectivity index (χ0n) is 13.9. The first-order valence-electron chi connectivity index (χ1n) is 8.34. The Balaban J connectivity index is 1.64. The molecule has 4 rings (SSSR count). The number of hydrogen-bond acceptors (Lipinski definition) is 5. The van der Waals surface area contributed by atoms with Gasteiger partial charge in [0.1, 0.15) is 0 Å². The number of hydrogen-bond donors (Lipinski definition) is 1. The Hall–Kier alpha value is -1.99. The van der Waals surface area contributed by atoms with Crippen molar-refractivity contribution in [3.63, 3.8) is 0 Å². The van der Waals surface area contributed by atoms with Crippen LogP contribution in [0, 0.1) is 0 Å². The molecule has 1 aliphatic heterocycles. The van der Waals surface area contributed by atoms with Crippen molar-refractivity contribution in [1.82, 2.24) is 10.3 Å². The lowest BCUT2D eigenvalue weighted by atomic mass is 10.1. The Bertz CT molecular complexity index is 937. The van der Waals surface area contributed by atoms with Gasteiger partial charge in [0.15, 0.2) is 0 Å². The minimum Gasteiger partial charge on any atom is -0.376 e. The van der Waals surface area contributed by atoms with Crippen LogP contribution in [0.3, 0.4) is 0 Å². The number of nitrogens with one attached hydrogen (secondary N) is 1. The molecule has 0 spiro atoms. The van der Waals surface area contributed by atoms with Crippen LogP contribution in [-0.2, 0) is 9.47 Å². The largest absolute Gasteiger partial charge is 0.376 e. The van der Waals surface area contributed by atoms with E-state index in [1.807, 2.05) is 42.5 Å². The number of fused-ring (bicyclic) bond motifs is 1. The van der Waals surface area contributed by atoms with Gasteiger partial charge >= 0.3 is 0 Å². The number of halogens is 1. The summed E-state index contributed by atoms with van der Waals surface area (Å²) in [6, 6.07) is 13.2. The molecule has 1 fully saturated rings. The molecule has 1 aliphatic rings. The van der Waals surface area contributed by atoms with Gasteiger partial charge in [0.2, 0.25) is 0 Å². The number of aromatic nitrogens is 1. The van der Waals surface area contributed by atoms with E-state index in [1.54, 1.807) is 0 Å². The lowest BCUT2D eigenvalue weighted by Gasteiger charge is -2.23. The molecule has 1 atom stereocenters. The Morgan fingerprint density at radius 3 is 2.92 bits per heavy atom. The maximum Gasteiger partial charge on any atom is 0.252 e. The van der Waals surface area contributed by atoms with Gasteiger partial charge in [-0.05, 0) is 24.3 Å². The third-order valence-electron chi connectivity index (χ3n) is 4.16. The van der Waals surface area contributed by atoms with Crippen LogP contribution in [0.1, 0.15) is 10.4 Å². The molecule has 0 radical (unpaired) electrons. The molecule has 1 amide bonds. The van der Waals surface area contributed by atoms with Crippen LogP contribution < -0.4 is 5.32 Å². The lowest BCUT2D eigenvalue weighted by molar-refractivity contribution is -0.0855. The van der Waals surface area contributed by atoms with E-state index in [0.717, 1.165) is 21.5 Å². The molecule has 0 unspecified atom stereocenters. The average Bonchev–Trinajstić information content (AvgIpc) is 3.12. The molecular weight excluding hydrogens is 372 g/mol. The number of thiophene rings is 1. The quantitative estimate of drug-likeness (QED) is 0.739. The number of nitrogens with zero attached hydrogens (tertiary/aromatic N) is 1. The van der Waals surface area contributed by atoms with Crippen LogP contribution in [0.5, 0.6) is 0 Å². The van der Waals surface area contributed by atoms with Gasteiger partial charge in [-0.25, -0.2) is 4.98 Å². The maximum absolute atomic E-state index is 12.8. The Morgan fingerprint density at radius 1 is 1.27 bits per heavy atom. The van der Waals surface area contributed by atoms with E-state index in [9.17, 15) is 4.79 Å². The highest BCUT2D eigenvalue weighted by atomic mass is 35.5.